The van der Waals surface area contributed by atoms with Crippen LogP contribution in [-0.4, -0.2) is 28.5 Å². The number of nitrogens with one attached hydrogen (secondary N) is 2. The van der Waals surface area contributed by atoms with Crippen molar-refractivity contribution in [3.8, 4) is 0 Å². The van der Waals surface area contributed by atoms with Crippen molar-refractivity contribution in [2.24, 2.45) is 23.2 Å². The van der Waals surface area contributed by atoms with Gasteiger partial charge < -0.3 is 15.2 Å². The zero-order valence-electron chi connectivity index (χ0n) is 15.7. The van der Waals surface area contributed by atoms with Crippen LogP contribution < -0.4 is 10.6 Å². The van der Waals surface area contributed by atoms with E-state index in [2.05, 4.69) is 20.8 Å². The van der Waals surface area contributed by atoms with E-state index < -0.39 is 0 Å². The van der Waals surface area contributed by atoms with E-state index in [-0.39, 0.29) is 30.2 Å². The van der Waals surface area contributed by atoms with Crippen LogP contribution in [0.1, 0.15) is 75.4 Å². The molecular weight excluding hydrogens is 344 g/mol. The number of hydrogen-bond acceptors (Lipinski definition) is 5. The second-order valence-corrected chi connectivity index (χ2v) is 9.30. The third-order valence-corrected chi connectivity index (χ3v) is 7.02. The fourth-order valence-electron chi connectivity index (χ4n) is 5.98. The Kier molecular flexibility index (Phi) is 4.20. The minimum Gasteiger partial charge on any atom is -0.355 e. The minimum absolute atomic E-state index is 0.105. The molecule has 5 aliphatic carbocycles. The monoisotopic (exact) mass is 372 g/mol. The Morgan fingerprint density at radius 2 is 1.70 bits per heavy atom. The van der Waals surface area contributed by atoms with Gasteiger partial charge >= 0.3 is 0 Å². The minimum atomic E-state index is -0.145. The fourth-order valence-corrected chi connectivity index (χ4v) is 5.98. The van der Waals surface area contributed by atoms with Gasteiger partial charge in [0.1, 0.15) is 0 Å². The normalized spacial score (nSPS) is 33.9. The molecule has 1 aromatic rings. The van der Waals surface area contributed by atoms with E-state index >= 15 is 0 Å². The zero-order valence-corrected chi connectivity index (χ0v) is 15.7. The molecule has 5 saturated carbocycles. The summed E-state index contributed by atoms with van der Waals surface area (Å²) in [5.41, 5.74) is -0.145. The van der Waals surface area contributed by atoms with E-state index in [4.69, 9.17) is 4.52 Å². The average Bonchev–Trinajstić information content (AvgIpc) is 3.37. The molecule has 6 rings (SSSR count). The molecule has 7 nitrogen and oxygen atoms in total. The Labute approximate surface area is 159 Å². The first kappa shape index (κ1) is 17.2. The van der Waals surface area contributed by atoms with Gasteiger partial charge in [-0.15, -0.1) is 0 Å². The van der Waals surface area contributed by atoms with Gasteiger partial charge in [-0.1, -0.05) is 5.16 Å². The Hall–Kier alpha value is -1.92. The van der Waals surface area contributed by atoms with Crippen molar-refractivity contribution < 1.29 is 14.1 Å². The van der Waals surface area contributed by atoms with Crippen molar-refractivity contribution in [1.82, 2.24) is 20.8 Å². The van der Waals surface area contributed by atoms with E-state index in [9.17, 15) is 9.59 Å². The number of hydrogen-bond donors (Lipinski definition) is 2. The molecule has 0 aromatic carbocycles. The standard InChI is InChI=1S/C20H28N4O3/c25-16(22-11-17-23-18(24-27-17)15-1-2-15)3-4-21-19(26)20-8-12-5-13(9-20)7-14(6-12)10-20/h12-15H,1-11H2,(H,21,26)(H,22,25). The van der Waals surface area contributed by atoms with Gasteiger partial charge in [0.25, 0.3) is 0 Å². The quantitative estimate of drug-likeness (QED) is 0.765. The topological polar surface area (TPSA) is 97.1 Å². The van der Waals surface area contributed by atoms with E-state index in [0.717, 1.165) is 55.7 Å². The Balaban J connectivity index is 1.06. The molecule has 2 N–H and O–H groups in total. The average molecular weight is 372 g/mol. The summed E-state index contributed by atoms with van der Waals surface area (Å²) in [7, 11) is 0. The summed E-state index contributed by atoms with van der Waals surface area (Å²) < 4.78 is 5.15. The van der Waals surface area contributed by atoms with E-state index in [1.165, 1.54) is 19.3 Å². The molecule has 1 heterocycles. The van der Waals surface area contributed by atoms with Crippen molar-refractivity contribution >= 4 is 11.8 Å². The lowest BCUT2D eigenvalue weighted by Crippen LogP contribution is -2.53. The number of carbonyl (C=O) groups is 2. The highest BCUT2D eigenvalue weighted by Crippen LogP contribution is 2.60. The zero-order chi connectivity index (χ0) is 18.4. The molecule has 27 heavy (non-hydrogen) atoms. The second-order valence-electron chi connectivity index (χ2n) is 9.30. The highest BCUT2D eigenvalue weighted by atomic mass is 16.5. The van der Waals surface area contributed by atoms with Gasteiger partial charge in [0.05, 0.1) is 6.54 Å². The largest absolute Gasteiger partial charge is 0.355 e. The highest BCUT2D eigenvalue weighted by Gasteiger charge is 2.54. The highest BCUT2D eigenvalue weighted by molar-refractivity contribution is 5.84. The van der Waals surface area contributed by atoms with Crippen molar-refractivity contribution in [3.63, 3.8) is 0 Å². The van der Waals surface area contributed by atoms with Crippen LogP contribution >= 0.6 is 0 Å². The molecule has 4 bridgehead atoms. The molecule has 7 heteroatoms. The molecule has 0 atom stereocenters. The Morgan fingerprint density at radius 1 is 1.04 bits per heavy atom. The SMILES string of the molecule is O=C(CCNC(=O)C12CC3CC(CC(C3)C1)C2)NCc1nc(C2CC2)no1. The maximum absolute atomic E-state index is 12.9. The lowest BCUT2D eigenvalue weighted by atomic mass is 9.49. The molecule has 5 fully saturated rings. The van der Waals surface area contributed by atoms with Crippen molar-refractivity contribution in [3.05, 3.63) is 11.7 Å². The fraction of sp³-hybridized carbons (Fsp3) is 0.800. The third-order valence-electron chi connectivity index (χ3n) is 7.02. The summed E-state index contributed by atoms with van der Waals surface area (Å²) in [5, 5.41) is 9.78. The van der Waals surface area contributed by atoms with E-state index in [1.807, 2.05) is 0 Å². The molecule has 0 spiro atoms. The van der Waals surface area contributed by atoms with Gasteiger partial charge in [-0.3, -0.25) is 9.59 Å². The number of carbonyl (C=O) groups excluding carboxylic acids is 2. The van der Waals surface area contributed by atoms with Gasteiger partial charge in [0.15, 0.2) is 5.82 Å². The van der Waals surface area contributed by atoms with Gasteiger partial charge in [0.2, 0.25) is 17.7 Å². The first-order chi connectivity index (χ1) is 13.1. The van der Waals surface area contributed by atoms with Crippen LogP contribution in [0.15, 0.2) is 4.52 Å². The van der Waals surface area contributed by atoms with Gasteiger partial charge in [0, 0.05) is 24.3 Å². The number of amides is 2. The first-order valence-electron chi connectivity index (χ1n) is 10.5. The van der Waals surface area contributed by atoms with Crippen LogP contribution in [0.25, 0.3) is 0 Å². The van der Waals surface area contributed by atoms with Crippen LogP contribution in [-0.2, 0) is 16.1 Å². The molecule has 0 unspecified atom stereocenters. The molecule has 0 radical (unpaired) electrons. The smallest absolute Gasteiger partial charge is 0.246 e. The number of aromatic nitrogens is 2. The van der Waals surface area contributed by atoms with Crippen molar-refractivity contribution in [1.29, 1.82) is 0 Å². The molecule has 146 valence electrons. The molecule has 1 aromatic heterocycles. The lowest BCUT2D eigenvalue weighted by Gasteiger charge is -2.55. The lowest BCUT2D eigenvalue weighted by molar-refractivity contribution is -0.146. The predicted molar refractivity (Wildman–Crippen MR) is 96.4 cm³/mol. The molecule has 5 aliphatic rings. The summed E-state index contributed by atoms with van der Waals surface area (Å²) in [5.74, 6) is 3.97. The summed E-state index contributed by atoms with van der Waals surface area (Å²) >= 11 is 0. The van der Waals surface area contributed by atoms with Crippen LogP contribution in [0.4, 0.5) is 0 Å². The molecular formula is C20H28N4O3. The summed E-state index contributed by atoms with van der Waals surface area (Å²) in [4.78, 5) is 29.2. The maximum atomic E-state index is 12.9. The van der Waals surface area contributed by atoms with E-state index in [1.54, 1.807) is 0 Å². The summed E-state index contributed by atoms with van der Waals surface area (Å²) in [6.45, 7) is 0.644. The predicted octanol–water partition coefficient (Wildman–Crippen LogP) is 2.29. The number of nitrogens with zero attached hydrogens (tertiary/aromatic N) is 2. The maximum Gasteiger partial charge on any atom is 0.246 e. The van der Waals surface area contributed by atoms with Crippen LogP contribution in [0, 0.1) is 23.2 Å². The Bertz CT molecular complexity index is 704. The van der Waals surface area contributed by atoms with Crippen LogP contribution in [0.2, 0.25) is 0 Å². The first-order valence-corrected chi connectivity index (χ1v) is 10.5. The molecule has 0 saturated heterocycles. The van der Waals surface area contributed by atoms with Gasteiger partial charge in [-0.2, -0.15) is 4.98 Å². The van der Waals surface area contributed by atoms with Crippen molar-refractivity contribution in [2.45, 2.75) is 70.3 Å². The van der Waals surface area contributed by atoms with E-state index in [0.29, 0.717) is 18.4 Å². The van der Waals surface area contributed by atoms with Gasteiger partial charge in [-0.25, -0.2) is 0 Å². The molecule has 0 aliphatic heterocycles. The van der Waals surface area contributed by atoms with Crippen LogP contribution in [0.5, 0.6) is 0 Å². The molecule has 2 amide bonds. The van der Waals surface area contributed by atoms with Crippen molar-refractivity contribution in [2.75, 3.05) is 6.54 Å². The second kappa shape index (κ2) is 6.60. The summed E-state index contributed by atoms with van der Waals surface area (Å²) in [6, 6.07) is 0. The number of rotatable bonds is 7. The van der Waals surface area contributed by atoms with Gasteiger partial charge in [-0.05, 0) is 69.1 Å². The van der Waals surface area contributed by atoms with Crippen LogP contribution in [0.3, 0.4) is 0 Å². The Morgan fingerprint density at radius 3 is 2.33 bits per heavy atom. The third kappa shape index (κ3) is 3.48. The summed E-state index contributed by atoms with van der Waals surface area (Å²) in [6.07, 6.45) is 9.66.